The van der Waals surface area contributed by atoms with Crippen LogP contribution in [0.3, 0.4) is 0 Å². The number of nitrogens with one attached hydrogen (secondary N) is 1. The average Bonchev–Trinajstić information content (AvgIpc) is 2.17. The molecule has 0 aromatic carbocycles. The van der Waals surface area contributed by atoms with Gasteiger partial charge in [-0.05, 0) is 13.0 Å². The van der Waals surface area contributed by atoms with Gasteiger partial charge in [0, 0.05) is 11.8 Å². The van der Waals surface area contributed by atoms with E-state index in [9.17, 15) is 0 Å². The molecule has 0 radical (unpaired) electrons. The Balaban J connectivity index is 2.74. The molecule has 0 atom stereocenters. The number of nitrogens with zero attached hydrogens (tertiary/aromatic N) is 2. The third-order valence-corrected chi connectivity index (χ3v) is 1.41. The summed E-state index contributed by atoms with van der Waals surface area (Å²) in [5.41, 5.74) is 4.39. The van der Waals surface area contributed by atoms with Crippen LogP contribution in [0.2, 0.25) is 0 Å². The highest BCUT2D eigenvalue weighted by Gasteiger charge is 1.98. The maximum Gasteiger partial charge on any atom is 0.142 e. The van der Waals surface area contributed by atoms with Crippen LogP contribution in [0.15, 0.2) is 12.1 Å². The zero-order valence-corrected chi connectivity index (χ0v) is 7.74. The van der Waals surface area contributed by atoms with Gasteiger partial charge < -0.3 is 0 Å². The molecule has 14 heavy (non-hydrogen) atoms. The molecular formula is C10H9N3O. The molecule has 70 valence electrons. The van der Waals surface area contributed by atoms with Gasteiger partial charge in [0.05, 0.1) is 5.69 Å². The molecule has 0 unspecified atom stereocenters. The molecular weight excluding hydrogens is 178 g/mol. The van der Waals surface area contributed by atoms with Gasteiger partial charge in [0.25, 0.3) is 0 Å². The van der Waals surface area contributed by atoms with E-state index >= 15 is 0 Å². The lowest BCUT2D eigenvalue weighted by molar-refractivity contribution is 0.234. The van der Waals surface area contributed by atoms with Crippen molar-refractivity contribution in [3.63, 3.8) is 0 Å². The predicted octanol–water partition coefficient (Wildman–Crippen LogP) is 1.24. The summed E-state index contributed by atoms with van der Waals surface area (Å²) in [6, 6.07) is 5.30. The molecule has 1 heterocycles. The van der Waals surface area contributed by atoms with Crippen LogP contribution in [0.5, 0.6) is 0 Å². The zero-order chi connectivity index (χ0) is 10.4. The lowest BCUT2D eigenvalue weighted by atomic mass is 10.3. The zero-order valence-electron chi connectivity index (χ0n) is 7.74. The molecule has 0 saturated carbocycles. The SMILES string of the molecule is C#CCONc1cc(C)nc(C#N)c1. The van der Waals surface area contributed by atoms with Crippen LogP contribution in [0, 0.1) is 30.6 Å². The molecule has 1 N–H and O–H groups in total. The summed E-state index contributed by atoms with van der Waals surface area (Å²) >= 11 is 0. The highest BCUT2D eigenvalue weighted by atomic mass is 16.6. The summed E-state index contributed by atoms with van der Waals surface area (Å²) in [7, 11) is 0. The molecule has 0 bridgehead atoms. The third-order valence-electron chi connectivity index (χ3n) is 1.41. The van der Waals surface area contributed by atoms with Crippen molar-refractivity contribution in [3.8, 4) is 18.4 Å². The van der Waals surface area contributed by atoms with E-state index in [1.807, 2.05) is 6.07 Å². The first kappa shape index (κ1) is 10.0. The minimum atomic E-state index is 0.170. The molecule has 4 heteroatoms. The maximum atomic E-state index is 8.64. The van der Waals surface area contributed by atoms with Crippen LogP contribution in [0.1, 0.15) is 11.4 Å². The Morgan fingerprint density at radius 3 is 3.07 bits per heavy atom. The number of hydrogen-bond donors (Lipinski definition) is 1. The number of terminal acetylenes is 1. The Hall–Kier alpha value is -2.04. The number of rotatable bonds is 3. The fourth-order valence-corrected chi connectivity index (χ4v) is 0.946. The van der Waals surface area contributed by atoms with Crippen LogP contribution < -0.4 is 5.48 Å². The van der Waals surface area contributed by atoms with Gasteiger partial charge in [0.15, 0.2) is 0 Å². The molecule has 0 aliphatic heterocycles. The van der Waals surface area contributed by atoms with Crippen LogP contribution in [-0.4, -0.2) is 11.6 Å². The van der Waals surface area contributed by atoms with E-state index in [2.05, 4.69) is 16.4 Å². The molecule has 0 fully saturated rings. The average molecular weight is 187 g/mol. The summed E-state index contributed by atoms with van der Waals surface area (Å²) in [6.45, 7) is 1.97. The molecule has 1 rings (SSSR count). The lowest BCUT2D eigenvalue weighted by Crippen LogP contribution is -2.02. The van der Waals surface area contributed by atoms with Crippen molar-refractivity contribution in [2.75, 3.05) is 12.1 Å². The summed E-state index contributed by atoms with van der Waals surface area (Å²) < 4.78 is 0. The van der Waals surface area contributed by atoms with E-state index in [1.165, 1.54) is 0 Å². The molecule has 4 nitrogen and oxygen atoms in total. The normalized spacial score (nSPS) is 8.79. The van der Waals surface area contributed by atoms with Crippen LogP contribution >= 0.6 is 0 Å². The summed E-state index contributed by atoms with van der Waals surface area (Å²) in [5, 5.41) is 8.64. The molecule has 1 aromatic rings. The van der Waals surface area contributed by atoms with E-state index < -0.39 is 0 Å². The lowest BCUT2D eigenvalue weighted by Gasteiger charge is -2.04. The quantitative estimate of drug-likeness (QED) is 0.439. The number of hydrogen-bond acceptors (Lipinski definition) is 4. The maximum absolute atomic E-state index is 8.64. The smallest absolute Gasteiger partial charge is 0.142 e. The first-order valence-corrected chi connectivity index (χ1v) is 3.96. The van der Waals surface area contributed by atoms with Gasteiger partial charge in [-0.2, -0.15) is 5.26 Å². The second-order valence-electron chi connectivity index (χ2n) is 2.59. The monoisotopic (exact) mass is 187 g/mol. The number of aryl methyl sites for hydroxylation is 1. The summed E-state index contributed by atoms with van der Waals surface area (Å²) in [5.74, 6) is 2.32. The second kappa shape index (κ2) is 4.86. The number of aromatic nitrogens is 1. The van der Waals surface area contributed by atoms with Gasteiger partial charge >= 0.3 is 0 Å². The summed E-state index contributed by atoms with van der Waals surface area (Å²) in [4.78, 5) is 8.88. The third kappa shape index (κ3) is 2.78. The fourth-order valence-electron chi connectivity index (χ4n) is 0.946. The van der Waals surface area contributed by atoms with Gasteiger partial charge in [-0.1, -0.05) is 5.92 Å². The van der Waals surface area contributed by atoms with Crippen LogP contribution in [0.4, 0.5) is 5.69 Å². The van der Waals surface area contributed by atoms with Crippen molar-refractivity contribution in [3.05, 3.63) is 23.5 Å². The van der Waals surface area contributed by atoms with Crippen molar-refractivity contribution in [1.82, 2.24) is 4.98 Å². The molecule has 1 aromatic heterocycles. The second-order valence-corrected chi connectivity index (χ2v) is 2.59. The van der Waals surface area contributed by atoms with Gasteiger partial charge in [0.1, 0.15) is 18.4 Å². The molecule has 0 spiro atoms. The fraction of sp³-hybridized carbons (Fsp3) is 0.200. The Morgan fingerprint density at radius 2 is 2.43 bits per heavy atom. The minimum absolute atomic E-state index is 0.170. The Morgan fingerprint density at radius 1 is 1.64 bits per heavy atom. The standard InChI is InChI=1S/C10H9N3O/c1-3-4-14-13-9-5-8(2)12-10(6-9)7-11/h1,5-6H,4H2,2H3,(H,12,13). The Labute approximate surface area is 82.5 Å². The van der Waals surface area contributed by atoms with E-state index in [0.717, 1.165) is 5.69 Å². The first-order chi connectivity index (χ1) is 6.76. The van der Waals surface area contributed by atoms with Crippen molar-refractivity contribution >= 4 is 5.69 Å². The number of pyridine rings is 1. The largest absolute Gasteiger partial charge is 0.266 e. The Kier molecular flexibility index (Phi) is 3.49. The van der Waals surface area contributed by atoms with Crippen molar-refractivity contribution in [2.45, 2.75) is 6.92 Å². The van der Waals surface area contributed by atoms with Gasteiger partial charge in [-0.15, -0.1) is 6.42 Å². The van der Waals surface area contributed by atoms with Gasteiger partial charge in [-0.25, -0.2) is 4.98 Å². The van der Waals surface area contributed by atoms with Crippen LogP contribution in [0.25, 0.3) is 0 Å². The number of anilines is 1. The minimum Gasteiger partial charge on any atom is -0.266 e. The molecule has 0 saturated heterocycles. The summed E-state index contributed by atoms with van der Waals surface area (Å²) in [6.07, 6.45) is 5.00. The van der Waals surface area contributed by atoms with Crippen LogP contribution in [-0.2, 0) is 4.84 Å². The highest BCUT2D eigenvalue weighted by Crippen LogP contribution is 2.10. The topological polar surface area (TPSA) is 57.9 Å². The van der Waals surface area contributed by atoms with E-state index in [1.54, 1.807) is 19.1 Å². The Bertz CT molecular complexity index is 401. The van der Waals surface area contributed by atoms with Crippen molar-refractivity contribution in [1.29, 1.82) is 5.26 Å². The molecule has 0 aliphatic rings. The van der Waals surface area contributed by atoms with E-state index in [0.29, 0.717) is 11.4 Å². The molecule has 0 aliphatic carbocycles. The number of nitriles is 1. The van der Waals surface area contributed by atoms with Crippen molar-refractivity contribution < 1.29 is 4.84 Å². The molecule has 0 amide bonds. The highest BCUT2D eigenvalue weighted by molar-refractivity contribution is 5.46. The van der Waals surface area contributed by atoms with E-state index in [-0.39, 0.29) is 6.61 Å². The predicted molar refractivity (Wildman–Crippen MR) is 52.1 cm³/mol. The first-order valence-electron chi connectivity index (χ1n) is 3.96. The van der Waals surface area contributed by atoms with Crippen molar-refractivity contribution in [2.24, 2.45) is 0 Å². The van der Waals surface area contributed by atoms with Gasteiger partial charge in [-0.3, -0.25) is 10.3 Å². The van der Waals surface area contributed by atoms with Gasteiger partial charge in [0.2, 0.25) is 0 Å². The van der Waals surface area contributed by atoms with E-state index in [4.69, 9.17) is 16.5 Å².